The summed E-state index contributed by atoms with van der Waals surface area (Å²) in [5, 5.41) is 9.76. The predicted molar refractivity (Wildman–Crippen MR) is 109 cm³/mol. The number of carboxylic acids is 1. The molecule has 1 N–H and O–H groups in total. The van der Waals surface area contributed by atoms with Crippen LogP contribution in [0.25, 0.3) is 5.57 Å². The van der Waals surface area contributed by atoms with Crippen molar-refractivity contribution in [1.29, 1.82) is 0 Å². The number of hydrogen-bond donors (Lipinski definition) is 1. The van der Waals surface area contributed by atoms with Crippen molar-refractivity contribution in [3.8, 4) is 0 Å². The number of carbonyl (C=O) groups is 1. The van der Waals surface area contributed by atoms with Crippen molar-refractivity contribution in [3.63, 3.8) is 0 Å². The fourth-order valence-corrected chi connectivity index (χ4v) is 4.32. The van der Waals surface area contributed by atoms with Crippen LogP contribution in [0.5, 0.6) is 0 Å². The van der Waals surface area contributed by atoms with Gasteiger partial charge in [-0.1, -0.05) is 58.1 Å². The second kappa shape index (κ2) is 6.57. The topological polar surface area (TPSA) is 37.3 Å². The molecule has 2 nitrogen and oxygen atoms in total. The van der Waals surface area contributed by atoms with Crippen molar-refractivity contribution < 1.29 is 9.90 Å². The second-order valence-electron chi connectivity index (χ2n) is 8.89. The Hall–Kier alpha value is -2.09. The van der Waals surface area contributed by atoms with Crippen LogP contribution in [0.2, 0.25) is 0 Å². The van der Waals surface area contributed by atoms with E-state index < -0.39 is 5.97 Å². The van der Waals surface area contributed by atoms with Gasteiger partial charge in [0.05, 0.1) is 5.57 Å². The van der Waals surface area contributed by atoms with Crippen molar-refractivity contribution >= 4 is 11.5 Å². The molecule has 26 heavy (non-hydrogen) atoms. The minimum absolute atomic E-state index is 0.124. The third-order valence-electron chi connectivity index (χ3n) is 6.10. The van der Waals surface area contributed by atoms with Gasteiger partial charge >= 0.3 is 5.97 Å². The molecule has 0 amide bonds. The van der Waals surface area contributed by atoms with Gasteiger partial charge in [0.25, 0.3) is 0 Å². The van der Waals surface area contributed by atoms with Gasteiger partial charge in [-0.05, 0) is 77.3 Å². The second-order valence-corrected chi connectivity index (χ2v) is 8.89. The number of allylic oxidation sites excluding steroid dienone is 4. The van der Waals surface area contributed by atoms with Crippen molar-refractivity contribution in [1.82, 2.24) is 0 Å². The molecule has 0 aromatic heterocycles. The molecule has 3 rings (SSSR count). The number of rotatable bonds is 3. The molecular weight excluding hydrogens is 320 g/mol. The zero-order valence-corrected chi connectivity index (χ0v) is 16.6. The van der Waals surface area contributed by atoms with Crippen LogP contribution >= 0.6 is 0 Å². The first-order chi connectivity index (χ1) is 12.2. The van der Waals surface area contributed by atoms with E-state index >= 15 is 0 Å². The molecule has 0 atom stereocenters. The number of aliphatic carboxylic acids is 1. The molecule has 0 fully saturated rings. The van der Waals surface area contributed by atoms with Gasteiger partial charge in [-0.2, -0.15) is 0 Å². The number of carboxylic acid groups (broad SMARTS) is 1. The molecule has 0 spiro atoms. The molecule has 0 saturated heterocycles. The normalized spacial score (nSPS) is 21.1. The Morgan fingerprint density at radius 2 is 1.69 bits per heavy atom. The maximum absolute atomic E-state index is 11.9. The molecule has 0 bridgehead atoms. The van der Waals surface area contributed by atoms with Crippen molar-refractivity contribution in [2.24, 2.45) is 0 Å². The van der Waals surface area contributed by atoms with Crippen LogP contribution in [0, 0.1) is 0 Å². The fraction of sp³-hybridized carbons (Fsp3) is 0.458. The molecule has 2 aliphatic rings. The highest BCUT2D eigenvalue weighted by Gasteiger charge is 2.38. The average Bonchev–Trinajstić information content (AvgIpc) is 2.58. The number of hydrogen-bond acceptors (Lipinski definition) is 1. The molecule has 0 aliphatic heterocycles. The Labute approximate surface area is 157 Å². The maximum atomic E-state index is 11.9. The molecule has 0 saturated carbocycles. The van der Waals surface area contributed by atoms with E-state index in [1.54, 1.807) is 6.08 Å². The first-order valence-electron chi connectivity index (χ1n) is 9.62. The molecule has 2 aliphatic carbocycles. The van der Waals surface area contributed by atoms with Crippen molar-refractivity contribution in [3.05, 3.63) is 64.3 Å². The van der Waals surface area contributed by atoms with Crippen molar-refractivity contribution in [2.75, 3.05) is 0 Å². The SMILES string of the molecule is CC=CC=C(C(=O)O)C1=CCCc2cc3c(cc21)C(C)(C)CCC3(C)C. The minimum atomic E-state index is -0.862. The largest absolute Gasteiger partial charge is 0.478 e. The Morgan fingerprint density at radius 3 is 2.27 bits per heavy atom. The average molecular weight is 351 g/mol. The van der Waals surface area contributed by atoms with Crippen LogP contribution in [0.4, 0.5) is 0 Å². The van der Waals surface area contributed by atoms with Crippen LogP contribution in [0.3, 0.4) is 0 Å². The highest BCUT2D eigenvalue weighted by molar-refractivity contribution is 6.06. The van der Waals surface area contributed by atoms with Gasteiger partial charge in [0.15, 0.2) is 0 Å². The lowest BCUT2D eigenvalue weighted by atomic mass is 9.62. The molecule has 0 unspecified atom stereocenters. The summed E-state index contributed by atoms with van der Waals surface area (Å²) in [5.74, 6) is -0.862. The van der Waals surface area contributed by atoms with Gasteiger partial charge in [0.2, 0.25) is 0 Å². The number of benzene rings is 1. The van der Waals surface area contributed by atoms with E-state index in [0.29, 0.717) is 5.57 Å². The predicted octanol–water partition coefficient (Wildman–Crippen LogP) is 5.95. The number of fused-ring (bicyclic) bond motifs is 2. The van der Waals surface area contributed by atoms with Gasteiger partial charge in [0.1, 0.15) is 0 Å². The summed E-state index contributed by atoms with van der Waals surface area (Å²) in [6, 6.07) is 4.66. The van der Waals surface area contributed by atoms with E-state index in [0.717, 1.165) is 30.4 Å². The summed E-state index contributed by atoms with van der Waals surface area (Å²) in [7, 11) is 0. The fourth-order valence-electron chi connectivity index (χ4n) is 4.32. The van der Waals surface area contributed by atoms with Crippen molar-refractivity contribution in [2.45, 2.75) is 71.1 Å². The van der Waals surface area contributed by atoms with Gasteiger partial charge in [-0.25, -0.2) is 4.79 Å². The highest BCUT2D eigenvalue weighted by atomic mass is 16.4. The van der Waals surface area contributed by atoms with E-state index in [1.807, 2.05) is 19.1 Å². The third-order valence-corrected chi connectivity index (χ3v) is 6.10. The molecule has 1 aromatic carbocycles. The maximum Gasteiger partial charge on any atom is 0.336 e. The quantitative estimate of drug-likeness (QED) is 0.540. The standard InChI is InChI=1S/C24H30O2/c1-6-7-10-18(22(25)26)17-11-8-9-16-14-20-21(15-19(16)17)24(4,5)13-12-23(20,2)3/h6-7,10-11,14-15H,8-9,12-13H2,1-5H3,(H,25,26). The first kappa shape index (κ1) is 18.7. The van der Waals surface area contributed by atoms with E-state index in [-0.39, 0.29) is 10.8 Å². The summed E-state index contributed by atoms with van der Waals surface area (Å²) >= 11 is 0. The lowest BCUT2D eigenvalue weighted by Gasteiger charge is -2.43. The van der Waals surface area contributed by atoms with Crippen LogP contribution in [0.15, 0.2) is 42.0 Å². The molecule has 138 valence electrons. The lowest BCUT2D eigenvalue weighted by Crippen LogP contribution is -2.34. The summed E-state index contributed by atoms with van der Waals surface area (Å²) < 4.78 is 0. The van der Waals surface area contributed by atoms with Gasteiger partial charge in [-0.15, -0.1) is 0 Å². The zero-order valence-electron chi connectivity index (χ0n) is 16.6. The van der Waals surface area contributed by atoms with Gasteiger partial charge in [0, 0.05) is 0 Å². The molecule has 1 aromatic rings. The highest BCUT2D eigenvalue weighted by Crippen LogP contribution is 2.48. The molecule has 0 radical (unpaired) electrons. The van der Waals surface area contributed by atoms with Crippen LogP contribution < -0.4 is 0 Å². The smallest absolute Gasteiger partial charge is 0.336 e. The summed E-state index contributed by atoms with van der Waals surface area (Å²) in [6.45, 7) is 11.2. The van der Waals surface area contributed by atoms with Crippen LogP contribution in [-0.4, -0.2) is 11.1 Å². The first-order valence-corrected chi connectivity index (χ1v) is 9.62. The zero-order chi connectivity index (χ0) is 19.1. The van der Waals surface area contributed by atoms with E-state index in [1.165, 1.54) is 23.1 Å². The Kier molecular flexibility index (Phi) is 4.72. The van der Waals surface area contributed by atoms with Crippen LogP contribution in [0.1, 0.15) is 76.1 Å². The molecular formula is C24H30O2. The molecule has 0 heterocycles. The van der Waals surface area contributed by atoms with Crippen LogP contribution in [-0.2, 0) is 22.0 Å². The van der Waals surface area contributed by atoms with E-state index in [4.69, 9.17) is 0 Å². The van der Waals surface area contributed by atoms with Gasteiger partial charge < -0.3 is 5.11 Å². The third kappa shape index (κ3) is 3.18. The summed E-state index contributed by atoms with van der Waals surface area (Å²) in [5.41, 5.74) is 6.80. The molecule has 2 heteroatoms. The monoisotopic (exact) mass is 350 g/mol. The Bertz CT molecular complexity index is 832. The lowest BCUT2D eigenvalue weighted by molar-refractivity contribution is -0.132. The van der Waals surface area contributed by atoms with Gasteiger partial charge in [-0.3, -0.25) is 0 Å². The Morgan fingerprint density at radius 1 is 1.08 bits per heavy atom. The van der Waals surface area contributed by atoms with E-state index in [9.17, 15) is 9.90 Å². The number of aryl methyl sites for hydroxylation is 1. The minimum Gasteiger partial charge on any atom is -0.478 e. The summed E-state index contributed by atoms with van der Waals surface area (Å²) in [4.78, 5) is 11.9. The van der Waals surface area contributed by atoms with E-state index in [2.05, 4.69) is 45.9 Å². The summed E-state index contributed by atoms with van der Waals surface area (Å²) in [6.07, 6.45) is 11.7. The Balaban J connectivity index is 2.21.